The van der Waals surface area contributed by atoms with Gasteiger partial charge < -0.3 is 15.4 Å². The molecule has 3 aromatic carbocycles. The minimum Gasteiger partial charge on any atom is -0.454 e. The lowest BCUT2D eigenvalue weighted by Gasteiger charge is -2.11. The molecule has 2 amide bonds. The maximum Gasteiger partial charge on any atom is 0.323 e. The van der Waals surface area contributed by atoms with Crippen LogP contribution in [0.3, 0.4) is 0 Å². The van der Waals surface area contributed by atoms with Crippen LogP contribution in [0, 0.1) is 23.0 Å². The van der Waals surface area contributed by atoms with Crippen molar-refractivity contribution in [1.82, 2.24) is 9.97 Å². The molecular formula is C22H13F2N5O2. The van der Waals surface area contributed by atoms with Crippen LogP contribution in [0.4, 0.5) is 25.0 Å². The number of rotatable bonds is 4. The summed E-state index contributed by atoms with van der Waals surface area (Å²) in [5.41, 5.74) is 1.53. The van der Waals surface area contributed by atoms with Gasteiger partial charge in [-0.3, -0.25) is 9.97 Å². The van der Waals surface area contributed by atoms with E-state index in [0.29, 0.717) is 16.8 Å². The number of nitrogens with zero attached hydrogens (tertiary/aromatic N) is 3. The van der Waals surface area contributed by atoms with E-state index in [1.165, 1.54) is 30.5 Å². The number of carbonyl (C=O) groups is 1. The van der Waals surface area contributed by atoms with Gasteiger partial charge in [0.1, 0.15) is 17.6 Å². The first-order valence-corrected chi connectivity index (χ1v) is 8.97. The van der Waals surface area contributed by atoms with Gasteiger partial charge in [-0.1, -0.05) is 0 Å². The van der Waals surface area contributed by atoms with Crippen molar-refractivity contribution in [1.29, 1.82) is 5.26 Å². The summed E-state index contributed by atoms with van der Waals surface area (Å²) < 4.78 is 33.5. The molecular weight excluding hydrogens is 404 g/mol. The van der Waals surface area contributed by atoms with Crippen LogP contribution in [0.25, 0.3) is 11.0 Å². The van der Waals surface area contributed by atoms with Gasteiger partial charge in [-0.2, -0.15) is 5.26 Å². The number of hydrogen-bond acceptors (Lipinski definition) is 5. The highest BCUT2D eigenvalue weighted by Gasteiger charge is 2.11. The summed E-state index contributed by atoms with van der Waals surface area (Å²) in [5, 5.41) is 13.7. The molecule has 0 bridgehead atoms. The van der Waals surface area contributed by atoms with Gasteiger partial charge >= 0.3 is 6.03 Å². The fourth-order valence-corrected chi connectivity index (χ4v) is 2.77. The molecule has 2 N–H and O–H groups in total. The van der Waals surface area contributed by atoms with Crippen molar-refractivity contribution in [3.63, 3.8) is 0 Å². The fraction of sp³-hybridized carbons (Fsp3) is 0. The van der Waals surface area contributed by atoms with Crippen LogP contribution in [0.1, 0.15) is 5.56 Å². The van der Waals surface area contributed by atoms with Crippen molar-refractivity contribution in [3.05, 3.63) is 84.2 Å². The quantitative estimate of drug-likeness (QED) is 0.474. The first-order valence-electron chi connectivity index (χ1n) is 8.97. The zero-order chi connectivity index (χ0) is 21.8. The lowest BCUT2D eigenvalue weighted by atomic mass is 10.2. The van der Waals surface area contributed by atoms with E-state index in [1.807, 2.05) is 0 Å². The standard InChI is InChI=1S/C22H13F2N5O2/c23-17-5-3-15(29-22(30)28-14-2-1-13(12-25)18(24)9-14)10-21(17)31-16-4-6-19-20(11-16)27-8-7-26-19/h1-11H,(H2,28,29,30). The minimum atomic E-state index is -0.752. The zero-order valence-corrected chi connectivity index (χ0v) is 15.8. The first kappa shape index (κ1) is 19.7. The number of carbonyl (C=O) groups excluding carboxylic acids is 1. The number of benzene rings is 3. The largest absolute Gasteiger partial charge is 0.454 e. The van der Waals surface area contributed by atoms with Crippen molar-refractivity contribution in [2.75, 3.05) is 10.6 Å². The summed E-state index contributed by atoms with van der Waals surface area (Å²) in [6.07, 6.45) is 3.10. The van der Waals surface area contributed by atoms with Gasteiger partial charge in [0.15, 0.2) is 11.6 Å². The fourth-order valence-electron chi connectivity index (χ4n) is 2.77. The molecule has 0 atom stereocenters. The van der Waals surface area contributed by atoms with Gasteiger partial charge in [0.05, 0.1) is 16.6 Å². The number of amides is 2. The van der Waals surface area contributed by atoms with Crippen LogP contribution in [-0.4, -0.2) is 16.0 Å². The van der Waals surface area contributed by atoms with Gasteiger partial charge in [-0.05, 0) is 42.5 Å². The summed E-state index contributed by atoms with van der Waals surface area (Å²) in [6.45, 7) is 0. The molecule has 0 radical (unpaired) electrons. The molecule has 0 unspecified atom stereocenters. The molecule has 4 rings (SSSR count). The SMILES string of the molecule is N#Cc1ccc(NC(=O)Nc2ccc(F)c(Oc3ccc4nccnc4c3)c2)cc1F. The second-order valence-corrected chi connectivity index (χ2v) is 6.34. The topological polar surface area (TPSA) is 99.9 Å². The predicted molar refractivity (Wildman–Crippen MR) is 110 cm³/mol. The van der Waals surface area contributed by atoms with Gasteiger partial charge in [0.2, 0.25) is 0 Å². The highest BCUT2D eigenvalue weighted by molar-refractivity contribution is 5.99. The molecule has 31 heavy (non-hydrogen) atoms. The Bertz CT molecular complexity index is 1340. The van der Waals surface area contributed by atoms with Crippen LogP contribution in [-0.2, 0) is 0 Å². The monoisotopic (exact) mass is 417 g/mol. The van der Waals surface area contributed by atoms with Crippen LogP contribution in [0.2, 0.25) is 0 Å². The molecule has 9 heteroatoms. The van der Waals surface area contributed by atoms with Crippen molar-refractivity contribution in [2.24, 2.45) is 0 Å². The van der Waals surface area contributed by atoms with Gasteiger partial charge in [-0.15, -0.1) is 0 Å². The van der Waals surface area contributed by atoms with Crippen molar-refractivity contribution >= 4 is 28.4 Å². The van der Waals surface area contributed by atoms with Gasteiger partial charge in [-0.25, -0.2) is 13.6 Å². The van der Waals surface area contributed by atoms with Crippen LogP contribution in [0.15, 0.2) is 67.0 Å². The molecule has 0 spiro atoms. The van der Waals surface area contributed by atoms with E-state index in [2.05, 4.69) is 20.6 Å². The number of nitriles is 1. The highest BCUT2D eigenvalue weighted by Crippen LogP contribution is 2.29. The van der Waals surface area contributed by atoms with E-state index in [-0.39, 0.29) is 22.7 Å². The maximum absolute atomic E-state index is 14.2. The third kappa shape index (κ3) is 4.54. The Morgan fingerprint density at radius 2 is 1.58 bits per heavy atom. The van der Waals surface area contributed by atoms with Crippen LogP contribution >= 0.6 is 0 Å². The second-order valence-electron chi connectivity index (χ2n) is 6.34. The van der Waals surface area contributed by atoms with Crippen LogP contribution in [0.5, 0.6) is 11.5 Å². The average Bonchev–Trinajstić information content (AvgIpc) is 2.76. The van der Waals surface area contributed by atoms with Crippen molar-refractivity contribution < 1.29 is 18.3 Å². The number of urea groups is 1. The second kappa shape index (κ2) is 8.42. The number of nitrogens with one attached hydrogen (secondary N) is 2. The molecule has 4 aromatic rings. The van der Waals surface area contributed by atoms with E-state index < -0.39 is 17.7 Å². The number of halogens is 2. The Kier molecular flexibility index (Phi) is 5.36. The Labute approximate surface area is 174 Å². The van der Waals surface area contributed by atoms with E-state index in [9.17, 15) is 13.6 Å². The zero-order valence-electron chi connectivity index (χ0n) is 15.8. The number of ether oxygens (including phenoxy) is 1. The Morgan fingerprint density at radius 3 is 2.32 bits per heavy atom. The molecule has 7 nitrogen and oxygen atoms in total. The molecule has 0 saturated carbocycles. The molecule has 1 heterocycles. The first-order chi connectivity index (χ1) is 15.0. The molecule has 152 valence electrons. The molecule has 0 saturated heterocycles. The van der Waals surface area contributed by atoms with Gasteiger partial charge in [0.25, 0.3) is 0 Å². The Morgan fingerprint density at radius 1 is 0.871 bits per heavy atom. The summed E-state index contributed by atoms with van der Waals surface area (Å²) >= 11 is 0. The lowest BCUT2D eigenvalue weighted by molar-refractivity contribution is 0.262. The number of fused-ring (bicyclic) bond motifs is 1. The summed E-state index contributed by atoms with van der Waals surface area (Å²) in [6, 6.07) is 13.4. The Hall–Kier alpha value is -4.58. The van der Waals surface area contributed by atoms with E-state index in [0.717, 1.165) is 12.1 Å². The smallest absolute Gasteiger partial charge is 0.323 e. The molecule has 0 fully saturated rings. The molecule has 1 aromatic heterocycles. The van der Waals surface area contributed by atoms with Crippen LogP contribution < -0.4 is 15.4 Å². The number of aromatic nitrogens is 2. The maximum atomic E-state index is 14.2. The summed E-state index contributed by atoms with van der Waals surface area (Å²) in [5.74, 6) is -1.13. The van der Waals surface area contributed by atoms with E-state index >= 15 is 0 Å². The molecule has 0 aliphatic rings. The minimum absolute atomic E-state index is 0.106. The average molecular weight is 417 g/mol. The molecule has 0 aliphatic heterocycles. The number of anilines is 2. The van der Waals surface area contributed by atoms with E-state index in [4.69, 9.17) is 10.00 Å². The van der Waals surface area contributed by atoms with Crippen molar-refractivity contribution in [2.45, 2.75) is 0 Å². The summed E-state index contributed by atoms with van der Waals surface area (Å²) in [4.78, 5) is 20.5. The summed E-state index contributed by atoms with van der Waals surface area (Å²) in [7, 11) is 0. The van der Waals surface area contributed by atoms with Crippen molar-refractivity contribution in [3.8, 4) is 17.6 Å². The van der Waals surface area contributed by atoms with Gasteiger partial charge in [0, 0.05) is 35.9 Å². The molecule has 0 aliphatic carbocycles. The van der Waals surface area contributed by atoms with E-state index in [1.54, 1.807) is 30.5 Å². The normalized spacial score (nSPS) is 10.4. The lowest BCUT2D eigenvalue weighted by Crippen LogP contribution is -2.19. The Balaban J connectivity index is 1.48. The third-order valence-corrected chi connectivity index (χ3v) is 4.21. The number of hydrogen-bond donors (Lipinski definition) is 2. The third-order valence-electron chi connectivity index (χ3n) is 4.21. The predicted octanol–water partition coefficient (Wildman–Crippen LogP) is 5.22. The highest BCUT2D eigenvalue weighted by atomic mass is 19.1.